The van der Waals surface area contributed by atoms with E-state index in [1.54, 1.807) is 30.3 Å². The van der Waals surface area contributed by atoms with Crippen molar-refractivity contribution in [2.24, 2.45) is 0 Å². The zero-order valence-electron chi connectivity index (χ0n) is 15.1. The largest absolute Gasteiger partial charge is 0.493 e. The van der Waals surface area contributed by atoms with Crippen molar-refractivity contribution < 1.29 is 27.5 Å². The van der Waals surface area contributed by atoms with Gasteiger partial charge >= 0.3 is 0 Å². The molecular weight excluding hydrogens is 372 g/mol. The first-order chi connectivity index (χ1) is 12.7. The van der Waals surface area contributed by atoms with Crippen molar-refractivity contribution in [3.05, 3.63) is 48.0 Å². The Morgan fingerprint density at radius 2 is 1.74 bits per heavy atom. The number of sulfonamides is 1. The molecule has 0 aliphatic heterocycles. The van der Waals surface area contributed by atoms with Crippen molar-refractivity contribution in [2.45, 2.75) is 6.92 Å². The van der Waals surface area contributed by atoms with E-state index >= 15 is 0 Å². The second-order valence-electron chi connectivity index (χ2n) is 5.71. The van der Waals surface area contributed by atoms with Crippen LogP contribution in [-0.4, -0.2) is 40.1 Å². The normalized spacial score (nSPS) is 10.8. The molecule has 2 rings (SSSR count). The van der Waals surface area contributed by atoms with Crippen LogP contribution in [0.2, 0.25) is 0 Å². The van der Waals surface area contributed by atoms with E-state index in [9.17, 15) is 18.0 Å². The Morgan fingerprint density at radius 1 is 1.04 bits per heavy atom. The van der Waals surface area contributed by atoms with E-state index in [0.29, 0.717) is 28.4 Å². The smallest absolute Gasteiger partial charge is 0.262 e. The van der Waals surface area contributed by atoms with Crippen LogP contribution in [0, 0.1) is 0 Å². The van der Waals surface area contributed by atoms with Crippen molar-refractivity contribution in [2.75, 3.05) is 30.0 Å². The lowest BCUT2D eigenvalue weighted by molar-refractivity contribution is -0.118. The molecular formula is C18H20N2O6S. The molecule has 9 heteroatoms. The highest BCUT2D eigenvalue weighted by Crippen LogP contribution is 2.28. The molecule has 0 atom stereocenters. The third-order valence-corrected chi connectivity index (χ3v) is 3.98. The first-order valence-electron chi connectivity index (χ1n) is 7.87. The van der Waals surface area contributed by atoms with Crippen LogP contribution in [0.1, 0.15) is 17.3 Å². The Morgan fingerprint density at radius 3 is 2.37 bits per heavy atom. The second kappa shape index (κ2) is 8.54. The quantitative estimate of drug-likeness (QED) is 0.667. The van der Waals surface area contributed by atoms with Gasteiger partial charge in [-0.1, -0.05) is 6.07 Å². The third kappa shape index (κ3) is 6.30. The van der Waals surface area contributed by atoms with Gasteiger partial charge in [-0.3, -0.25) is 14.3 Å². The Hall–Kier alpha value is -3.07. The van der Waals surface area contributed by atoms with Crippen LogP contribution in [0.15, 0.2) is 42.5 Å². The average molecular weight is 392 g/mol. The maximum absolute atomic E-state index is 12.1. The lowest BCUT2D eigenvalue weighted by Gasteiger charge is -2.12. The van der Waals surface area contributed by atoms with Crippen molar-refractivity contribution in [1.29, 1.82) is 0 Å². The molecule has 27 heavy (non-hydrogen) atoms. The Labute approximate surface area is 157 Å². The van der Waals surface area contributed by atoms with Gasteiger partial charge in [0, 0.05) is 11.3 Å². The van der Waals surface area contributed by atoms with Gasteiger partial charge in [0.25, 0.3) is 5.91 Å². The minimum absolute atomic E-state index is 0.111. The number of ether oxygens (including phenoxy) is 2. The molecule has 0 spiro atoms. The van der Waals surface area contributed by atoms with Crippen LogP contribution in [0.4, 0.5) is 11.4 Å². The van der Waals surface area contributed by atoms with Gasteiger partial charge in [-0.2, -0.15) is 0 Å². The van der Waals surface area contributed by atoms with Crippen molar-refractivity contribution in [1.82, 2.24) is 0 Å². The second-order valence-corrected chi connectivity index (χ2v) is 7.46. The van der Waals surface area contributed by atoms with E-state index < -0.39 is 15.9 Å². The lowest BCUT2D eigenvalue weighted by atomic mass is 10.1. The molecule has 0 saturated carbocycles. The highest BCUT2D eigenvalue weighted by Gasteiger charge is 2.11. The number of benzene rings is 2. The maximum atomic E-state index is 12.1. The lowest BCUT2D eigenvalue weighted by Crippen LogP contribution is -2.20. The molecule has 0 unspecified atom stereocenters. The van der Waals surface area contributed by atoms with Crippen LogP contribution in [0.5, 0.6) is 11.5 Å². The Bertz CT molecular complexity index is 956. The topological polar surface area (TPSA) is 111 Å². The van der Waals surface area contributed by atoms with Crippen LogP contribution in [0.3, 0.4) is 0 Å². The van der Waals surface area contributed by atoms with E-state index in [2.05, 4.69) is 10.0 Å². The SMILES string of the molecule is COc1cc(C(C)=O)ccc1OCC(=O)Nc1cccc(NS(C)(=O)=O)c1. The number of anilines is 2. The predicted molar refractivity (Wildman–Crippen MR) is 102 cm³/mol. The molecule has 1 amide bonds. The summed E-state index contributed by atoms with van der Waals surface area (Å²) in [6.07, 6.45) is 1.04. The van der Waals surface area contributed by atoms with E-state index in [0.717, 1.165) is 6.26 Å². The van der Waals surface area contributed by atoms with Gasteiger partial charge in [0.15, 0.2) is 23.9 Å². The fourth-order valence-electron chi connectivity index (χ4n) is 2.22. The predicted octanol–water partition coefficient (Wildman–Crippen LogP) is 2.29. The number of amides is 1. The molecule has 2 aromatic rings. The summed E-state index contributed by atoms with van der Waals surface area (Å²) >= 11 is 0. The summed E-state index contributed by atoms with van der Waals surface area (Å²) < 4.78 is 35.5. The standard InChI is InChI=1S/C18H20N2O6S/c1-12(21)13-7-8-16(17(9-13)25-2)26-11-18(22)19-14-5-4-6-15(10-14)20-27(3,23)24/h4-10,20H,11H2,1-3H3,(H,19,22). The molecule has 0 fully saturated rings. The maximum Gasteiger partial charge on any atom is 0.262 e. The van der Waals surface area contributed by atoms with Crippen LogP contribution in [0.25, 0.3) is 0 Å². The molecule has 0 radical (unpaired) electrons. The number of Topliss-reactive ketones (excluding diaryl/α,β-unsaturated/α-hetero) is 1. The van der Waals surface area contributed by atoms with Gasteiger partial charge in [0.2, 0.25) is 10.0 Å². The molecule has 0 aliphatic carbocycles. The van der Waals surface area contributed by atoms with Gasteiger partial charge in [-0.05, 0) is 43.3 Å². The number of carbonyl (C=O) groups excluding carboxylic acids is 2. The number of carbonyl (C=O) groups is 2. The summed E-state index contributed by atoms with van der Waals surface area (Å²) in [7, 11) is -1.97. The van der Waals surface area contributed by atoms with Gasteiger partial charge in [-0.25, -0.2) is 8.42 Å². The summed E-state index contributed by atoms with van der Waals surface area (Å²) in [4.78, 5) is 23.5. The zero-order valence-corrected chi connectivity index (χ0v) is 15.9. The minimum Gasteiger partial charge on any atom is -0.493 e. The van der Waals surface area contributed by atoms with Gasteiger partial charge in [-0.15, -0.1) is 0 Å². The molecule has 2 N–H and O–H groups in total. The first kappa shape index (κ1) is 20.2. The van der Waals surface area contributed by atoms with Crippen molar-refractivity contribution in [3.63, 3.8) is 0 Å². The Balaban J connectivity index is 2.01. The first-order valence-corrected chi connectivity index (χ1v) is 9.76. The number of ketones is 1. The minimum atomic E-state index is -3.41. The van der Waals surface area contributed by atoms with Crippen LogP contribution in [-0.2, 0) is 14.8 Å². The van der Waals surface area contributed by atoms with Crippen molar-refractivity contribution in [3.8, 4) is 11.5 Å². The van der Waals surface area contributed by atoms with Gasteiger partial charge in [0.05, 0.1) is 19.1 Å². The highest BCUT2D eigenvalue weighted by molar-refractivity contribution is 7.92. The average Bonchev–Trinajstić information content (AvgIpc) is 2.58. The summed E-state index contributed by atoms with van der Waals surface area (Å²) in [6.45, 7) is 1.15. The number of methoxy groups -OCH3 is 1. The Kier molecular flexibility index (Phi) is 6.40. The molecule has 0 bridgehead atoms. The molecule has 0 heterocycles. The number of nitrogens with one attached hydrogen (secondary N) is 2. The van der Waals surface area contributed by atoms with E-state index in [-0.39, 0.29) is 12.4 Å². The summed E-state index contributed by atoms with van der Waals surface area (Å²) in [5, 5.41) is 2.61. The van der Waals surface area contributed by atoms with E-state index in [1.807, 2.05) is 0 Å². The zero-order chi connectivity index (χ0) is 20.0. The third-order valence-electron chi connectivity index (χ3n) is 3.38. The molecule has 8 nitrogen and oxygen atoms in total. The highest BCUT2D eigenvalue weighted by atomic mass is 32.2. The van der Waals surface area contributed by atoms with E-state index in [4.69, 9.17) is 9.47 Å². The summed E-state index contributed by atoms with van der Waals surface area (Å²) in [6, 6.07) is 10.9. The fraction of sp³-hybridized carbons (Fsp3) is 0.222. The number of rotatable bonds is 8. The fourth-order valence-corrected chi connectivity index (χ4v) is 2.78. The summed E-state index contributed by atoms with van der Waals surface area (Å²) in [5.74, 6) is 0.115. The molecule has 0 aromatic heterocycles. The van der Waals surface area contributed by atoms with Gasteiger partial charge in [0.1, 0.15) is 0 Å². The van der Waals surface area contributed by atoms with Crippen molar-refractivity contribution >= 4 is 33.1 Å². The van der Waals surface area contributed by atoms with Gasteiger partial charge < -0.3 is 14.8 Å². The van der Waals surface area contributed by atoms with E-state index in [1.165, 1.54) is 26.2 Å². The summed E-state index contributed by atoms with van der Waals surface area (Å²) in [5.41, 5.74) is 1.22. The molecule has 0 saturated heterocycles. The molecule has 2 aromatic carbocycles. The number of hydrogen-bond donors (Lipinski definition) is 2. The molecule has 144 valence electrons. The van der Waals surface area contributed by atoms with Crippen LogP contribution < -0.4 is 19.5 Å². The molecule has 0 aliphatic rings. The van der Waals surface area contributed by atoms with Crippen LogP contribution >= 0.6 is 0 Å². The monoisotopic (exact) mass is 392 g/mol. The number of hydrogen-bond acceptors (Lipinski definition) is 6.